The molecule has 0 saturated carbocycles. The molecule has 0 unspecified atom stereocenters. The number of amides is 1. The average Bonchev–Trinajstić information content (AvgIpc) is 2.25. The highest BCUT2D eigenvalue weighted by atomic mass is 16.3. The second kappa shape index (κ2) is 3.88. The summed E-state index contributed by atoms with van der Waals surface area (Å²) in [5.41, 5.74) is 5.85. The van der Waals surface area contributed by atoms with Crippen LogP contribution in [0.5, 0.6) is 0 Å². The van der Waals surface area contributed by atoms with Gasteiger partial charge in [0.05, 0.1) is 6.10 Å². The zero-order valence-corrected chi connectivity index (χ0v) is 9.26. The number of aliphatic hydroxyl groups is 1. The maximum Gasteiger partial charge on any atom is 0.247 e. The molecule has 1 aliphatic heterocycles. The molecule has 1 atom stereocenters. The van der Waals surface area contributed by atoms with Crippen molar-refractivity contribution in [3.05, 3.63) is 35.9 Å². The summed E-state index contributed by atoms with van der Waals surface area (Å²) in [6, 6.07) is 9.29. The molecule has 4 heteroatoms. The standard InChI is InChI=1S/C12H16N2O2/c1-12(13,9-5-3-2-4-6-9)11(16)14-7-10(15)8-14/h2-6,10,15H,7-8,13H2,1H3/t12-/m0/s1. The van der Waals surface area contributed by atoms with E-state index in [2.05, 4.69) is 0 Å². The summed E-state index contributed by atoms with van der Waals surface area (Å²) in [6.07, 6.45) is -0.393. The van der Waals surface area contributed by atoms with Crippen molar-refractivity contribution in [1.29, 1.82) is 0 Å². The number of benzene rings is 1. The van der Waals surface area contributed by atoms with E-state index in [4.69, 9.17) is 10.8 Å². The van der Waals surface area contributed by atoms with E-state index < -0.39 is 11.6 Å². The first-order valence-electron chi connectivity index (χ1n) is 5.33. The first-order chi connectivity index (χ1) is 7.51. The molecule has 1 heterocycles. The molecule has 0 bridgehead atoms. The van der Waals surface area contributed by atoms with Gasteiger partial charge in [0.25, 0.3) is 0 Å². The summed E-state index contributed by atoms with van der Waals surface area (Å²) < 4.78 is 0. The van der Waals surface area contributed by atoms with E-state index in [0.29, 0.717) is 13.1 Å². The van der Waals surface area contributed by atoms with E-state index in [1.54, 1.807) is 11.8 Å². The molecule has 1 aliphatic rings. The lowest BCUT2D eigenvalue weighted by molar-refractivity contribution is -0.147. The first kappa shape index (κ1) is 11.1. The molecule has 16 heavy (non-hydrogen) atoms. The molecule has 0 aliphatic carbocycles. The van der Waals surface area contributed by atoms with Crippen molar-refractivity contribution in [2.45, 2.75) is 18.6 Å². The SMILES string of the molecule is C[C@@](N)(C(=O)N1CC(O)C1)c1ccccc1. The highest BCUT2D eigenvalue weighted by Gasteiger charge is 2.39. The number of hydrogen-bond donors (Lipinski definition) is 2. The van der Waals surface area contributed by atoms with Crippen LogP contribution in [0.2, 0.25) is 0 Å². The normalized spacial score (nSPS) is 20.1. The van der Waals surface area contributed by atoms with Crippen molar-refractivity contribution in [2.75, 3.05) is 13.1 Å². The van der Waals surface area contributed by atoms with Crippen LogP contribution in [-0.2, 0) is 10.3 Å². The van der Waals surface area contributed by atoms with Gasteiger partial charge < -0.3 is 15.7 Å². The van der Waals surface area contributed by atoms with Gasteiger partial charge in [0, 0.05) is 13.1 Å². The van der Waals surface area contributed by atoms with Crippen LogP contribution in [0.25, 0.3) is 0 Å². The van der Waals surface area contributed by atoms with Gasteiger partial charge in [-0.2, -0.15) is 0 Å². The summed E-state index contributed by atoms with van der Waals surface area (Å²) in [7, 11) is 0. The Bertz CT molecular complexity index is 383. The fraction of sp³-hybridized carbons (Fsp3) is 0.417. The van der Waals surface area contributed by atoms with Gasteiger partial charge in [-0.3, -0.25) is 4.79 Å². The van der Waals surface area contributed by atoms with Crippen LogP contribution < -0.4 is 5.73 Å². The molecule has 2 rings (SSSR count). The molecule has 0 spiro atoms. The molecule has 0 aromatic heterocycles. The summed E-state index contributed by atoms with van der Waals surface area (Å²) in [4.78, 5) is 13.7. The molecule has 1 saturated heterocycles. The Kier molecular flexibility index (Phi) is 2.69. The molecule has 3 N–H and O–H groups in total. The van der Waals surface area contributed by atoms with E-state index in [-0.39, 0.29) is 5.91 Å². The molecule has 1 aromatic rings. The number of β-amino-alcohol motifs (C(OH)–C–C–N with tert-alkyl or cyclic N) is 1. The summed E-state index contributed by atoms with van der Waals surface area (Å²) >= 11 is 0. The molecule has 1 aromatic carbocycles. The number of aliphatic hydroxyl groups excluding tert-OH is 1. The Hall–Kier alpha value is -1.39. The predicted octanol–water partition coefficient (Wildman–Crippen LogP) is 0.0636. The number of nitrogens with zero attached hydrogens (tertiary/aromatic N) is 1. The van der Waals surface area contributed by atoms with E-state index in [1.807, 2.05) is 30.3 Å². The highest BCUT2D eigenvalue weighted by molar-refractivity contribution is 5.87. The fourth-order valence-corrected chi connectivity index (χ4v) is 1.86. The number of likely N-dealkylation sites (tertiary alicyclic amines) is 1. The van der Waals surface area contributed by atoms with E-state index in [9.17, 15) is 4.79 Å². The smallest absolute Gasteiger partial charge is 0.247 e. The minimum atomic E-state index is -1.01. The van der Waals surface area contributed by atoms with Crippen LogP contribution in [0, 0.1) is 0 Å². The quantitative estimate of drug-likeness (QED) is 0.741. The lowest BCUT2D eigenvalue weighted by Gasteiger charge is -2.40. The van der Waals surface area contributed by atoms with Crippen LogP contribution >= 0.6 is 0 Å². The molecular formula is C12H16N2O2. The lowest BCUT2D eigenvalue weighted by atomic mass is 9.90. The molecule has 1 fully saturated rings. The average molecular weight is 220 g/mol. The van der Waals surface area contributed by atoms with Gasteiger partial charge in [0.1, 0.15) is 5.54 Å². The summed E-state index contributed by atoms with van der Waals surface area (Å²) in [5, 5.41) is 9.17. The number of nitrogens with two attached hydrogens (primary N) is 1. The van der Waals surface area contributed by atoms with Crippen molar-refractivity contribution < 1.29 is 9.90 Å². The number of carbonyl (C=O) groups excluding carboxylic acids is 1. The van der Waals surface area contributed by atoms with E-state index >= 15 is 0 Å². The minimum absolute atomic E-state index is 0.135. The second-order valence-electron chi connectivity index (χ2n) is 4.43. The van der Waals surface area contributed by atoms with Gasteiger partial charge >= 0.3 is 0 Å². The minimum Gasteiger partial charge on any atom is -0.389 e. The van der Waals surface area contributed by atoms with Crippen molar-refractivity contribution in [3.8, 4) is 0 Å². The molecule has 86 valence electrons. The zero-order chi connectivity index (χ0) is 11.8. The predicted molar refractivity (Wildman–Crippen MR) is 60.6 cm³/mol. The van der Waals surface area contributed by atoms with Gasteiger partial charge in [-0.1, -0.05) is 30.3 Å². The van der Waals surface area contributed by atoms with E-state index in [0.717, 1.165) is 5.56 Å². The summed E-state index contributed by atoms with van der Waals surface area (Å²) in [6.45, 7) is 2.48. The van der Waals surface area contributed by atoms with Gasteiger partial charge in [-0.05, 0) is 12.5 Å². The Morgan fingerprint density at radius 1 is 1.44 bits per heavy atom. The van der Waals surface area contributed by atoms with E-state index in [1.165, 1.54) is 0 Å². The Morgan fingerprint density at radius 2 is 2.00 bits per heavy atom. The Morgan fingerprint density at radius 3 is 2.50 bits per heavy atom. The van der Waals surface area contributed by atoms with Crippen LogP contribution in [0.4, 0.5) is 0 Å². The van der Waals surface area contributed by atoms with Gasteiger partial charge in [-0.25, -0.2) is 0 Å². The lowest BCUT2D eigenvalue weighted by Crippen LogP contribution is -2.60. The molecule has 0 radical (unpaired) electrons. The molecule has 1 amide bonds. The number of rotatable bonds is 2. The Balaban J connectivity index is 2.16. The number of hydrogen-bond acceptors (Lipinski definition) is 3. The van der Waals surface area contributed by atoms with Crippen molar-refractivity contribution in [2.24, 2.45) is 5.73 Å². The first-order valence-corrected chi connectivity index (χ1v) is 5.33. The zero-order valence-electron chi connectivity index (χ0n) is 9.26. The van der Waals surface area contributed by atoms with Gasteiger partial charge in [0.15, 0.2) is 0 Å². The highest BCUT2D eigenvalue weighted by Crippen LogP contribution is 2.23. The van der Waals surface area contributed by atoms with Crippen molar-refractivity contribution >= 4 is 5.91 Å². The van der Waals surface area contributed by atoms with Gasteiger partial charge in [-0.15, -0.1) is 0 Å². The molecule has 4 nitrogen and oxygen atoms in total. The van der Waals surface area contributed by atoms with Crippen LogP contribution in [0.1, 0.15) is 12.5 Å². The van der Waals surface area contributed by atoms with Crippen molar-refractivity contribution in [1.82, 2.24) is 4.90 Å². The largest absolute Gasteiger partial charge is 0.389 e. The van der Waals surface area contributed by atoms with Crippen LogP contribution in [0.3, 0.4) is 0 Å². The van der Waals surface area contributed by atoms with Crippen molar-refractivity contribution in [3.63, 3.8) is 0 Å². The third-order valence-corrected chi connectivity index (χ3v) is 2.97. The van der Waals surface area contributed by atoms with Crippen LogP contribution in [-0.4, -0.2) is 35.1 Å². The van der Waals surface area contributed by atoms with Gasteiger partial charge in [0.2, 0.25) is 5.91 Å². The summed E-state index contributed by atoms with van der Waals surface area (Å²) in [5.74, 6) is -0.135. The monoisotopic (exact) mass is 220 g/mol. The number of carbonyl (C=O) groups is 1. The Labute approximate surface area is 94.7 Å². The maximum absolute atomic E-state index is 12.1. The van der Waals surface area contributed by atoms with Crippen LogP contribution in [0.15, 0.2) is 30.3 Å². The topological polar surface area (TPSA) is 66.6 Å². The third-order valence-electron chi connectivity index (χ3n) is 2.97. The fourth-order valence-electron chi connectivity index (χ4n) is 1.86. The molecular weight excluding hydrogens is 204 g/mol. The second-order valence-corrected chi connectivity index (χ2v) is 4.43. The maximum atomic E-state index is 12.1. The third kappa shape index (κ3) is 1.81.